The molecule has 0 spiro atoms. The van der Waals surface area contributed by atoms with Crippen molar-refractivity contribution >= 4 is 5.82 Å². The molecule has 3 rings (SSSR count). The second-order valence-corrected chi connectivity index (χ2v) is 5.68. The first-order valence-corrected chi connectivity index (χ1v) is 6.95. The zero-order valence-corrected chi connectivity index (χ0v) is 11.3. The van der Waals surface area contributed by atoms with Gasteiger partial charge in [0.25, 0.3) is 0 Å². The molecular weight excluding hydrogens is 281 g/mol. The van der Waals surface area contributed by atoms with Gasteiger partial charge < -0.3 is 20.7 Å². The molecule has 2 heterocycles. The summed E-state index contributed by atoms with van der Waals surface area (Å²) in [7, 11) is 0. The fraction of sp³-hybridized carbons (Fsp3) is 0.692. The summed E-state index contributed by atoms with van der Waals surface area (Å²) in [5.41, 5.74) is 4.64. The molecule has 116 valence electrons. The van der Waals surface area contributed by atoms with E-state index in [1.165, 1.54) is 12.3 Å². The highest BCUT2D eigenvalue weighted by molar-refractivity contribution is 5.23. The van der Waals surface area contributed by atoms with Gasteiger partial charge in [0.1, 0.15) is 5.82 Å². The fourth-order valence-corrected chi connectivity index (χ4v) is 2.94. The lowest BCUT2D eigenvalue weighted by Crippen LogP contribution is -2.42. The number of hydrogen-bond donors (Lipinski definition) is 3. The molecule has 0 bridgehead atoms. The molecule has 2 aliphatic rings. The topological polar surface area (TPSA) is 111 Å². The molecule has 5 atom stereocenters. The molecule has 4 N–H and O–H groups in total. The van der Waals surface area contributed by atoms with Crippen molar-refractivity contribution in [3.63, 3.8) is 0 Å². The van der Waals surface area contributed by atoms with Gasteiger partial charge in [-0.3, -0.25) is 4.57 Å². The number of hydrogen-bond acceptors (Lipinski definition) is 6. The van der Waals surface area contributed by atoms with E-state index in [2.05, 4.69) is 4.98 Å². The Morgan fingerprint density at radius 2 is 2.14 bits per heavy atom. The molecule has 1 saturated carbocycles. The fourth-order valence-electron chi connectivity index (χ4n) is 2.94. The zero-order valence-electron chi connectivity index (χ0n) is 11.3. The average molecular weight is 299 g/mol. The van der Waals surface area contributed by atoms with Gasteiger partial charge in [0.05, 0.1) is 18.8 Å². The van der Waals surface area contributed by atoms with E-state index in [1.807, 2.05) is 0 Å². The van der Waals surface area contributed by atoms with Gasteiger partial charge in [0.2, 0.25) is 0 Å². The first kappa shape index (κ1) is 14.4. The number of nitrogens with zero attached hydrogens (tertiary/aromatic N) is 2. The summed E-state index contributed by atoms with van der Waals surface area (Å²) in [5.74, 6) is -0.434. The Bertz CT molecular complexity index is 577. The summed E-state index contributed by atoms with van der Waals surface area (Å²) in [6, 6.07) is 1.35. The molecule has 0 radical (unpaired) electrons. The Kier molecular flexibility index (Phi) is 3.68. The van der Waals surface area contributed by atoms with Gasteiger partial charge in [-0.15, -0.1) is 0 Å². The van der Waals surface area contributed by atoms with Crippen molar-refractivity contribution in [1.29, 1.82) is 0 Å². The molecule has 1 aromatic heterocycles. The van der Waals surface area contributed by atoms with Gasteiger partial charge >= 0.3 is 5.69 Å². The van der Waals surface area contributed by atoms with E-state index in [-0.39, 0.29) is 18.3 Å². The van der Waals surface area contributed by atoms with Crippen molar-refractivity contribution < 1.29 is 19.3 Å². The minimum atomic E-state index is -1.82. The molecule has 8 heteroatoms. The number of ether oxygens (including phenoxy) is 1. The van der Waals surface area contributed by atoms with Crippen LogP contribution in [0.25, 0.3) is 0 Å². The summed E-state index contributed by atoms with van der Waals surface area (Å²) >= 11 is 0. The van der Waals surface area contributed by atoms with E-state index in [9.17, 15) is 19.4 Å². The molecule has 1 aromatic rings. The summed E-state index contributed by atoms with van der Waals surface area (Å²) in [6.45, 7) is -0.139. The number of aliphatic hydroxyl groups excluding tert-OH is 2. The van der Waals surface area contributed by atoms with Gasteiger partial charge in [-0.2, -0.15) is 4.98 Å². The van der Waals surface area contributed by atoms with E-state index < -0.39 is 36.2 Å². The van der Waals surface area contributed by atoms with Crippen LogP contribution in [0.5, 0.6) is 0 Å². The predicted molar refractivity (Wildman–Crippen MR) is 71.0 cm³/mol. The van der Waals surface area contributed by atoms with Crippen LogP contribution in [-0.4, -0.2) is 44.8 Å². The monoisotopic (exact) mass is 299 g/mol. The molecular formula is C13H18FN3O4. The molecule has 1 saturated heterocycles. The third-order valence-electron chi connectivity index (χ3n) is 4.17. The van der Waals surface area contributed by atoms with E-state index in [0.717, 1.165) is 17.4 Å². The largest absolute Gasteiger partial charge is 0.390 e. The first-order chi connectivity index (χ1) is 9.99. The van der Waals surface area contributed by atoms with Crippen molar-refractivity contribution in [1.82, 2.24) is 9.55 Å². The van der Waals surface area contributed by atoms with Crippen LogP contribution >= 0.6 is 0 Å². The second kappa shape index (κ2) is 5.36. The minimum absolute atomic E-state index is 0.0247. The quantitative estimate of drug-likeness (QED) is 0.675. The Morgan fingerprint density at radius 1 is 1.43 bits per heavy atom. The van der Waals surface area contributed by atoms with Crippen LogP contribution in [0.15, 0.2) is 17.1 Å². The van der Waals surface area contributed by atoms with Crippen LogP contribution in [0.1, 0.15) is 19.1 Å². The van der Waals surface area contributed by atoms with Crippen molar-refractivity contribution in [3.05, 3.63) is 22.7 Å². The number of aliphatic hydroxyl groups is 2. The van der Waals surface area contributed by atoms with Gasteiger partial charge in [-0.1, -0.05) is 0 Å². The molecule has 1 aliphatic heterocycles. The van der Waals surface area contributed by atoms with E-state index in [4.69, 9.17) is 10.5 Å². The molecule has 2 fully saturated rings. The number of nitrogen functional groups attached to an aromatic ring is 1. The van der Waals surface area contributed by atoms with Crippen molar-refractivity contribution in [2.45, 2.75) is 37.4 Å². The smallest absolute Gasteiger partial charge is 0.351 e. The molecule has 0 aromatic carbocycles. The maximum Gasteiger partial charge on any atom is 0.351 e. The third kappa shape index (κ3) is 2.66. The van der Waals surface area contributed by atoms with Crippen molar-refractivity contribution in [2.75, 3.05) is 12.3 Å². The van der Waals surface area contributed by atoms with Crippen LogP contribution in [0, 0.1) is 11.8 Å². The van der Waals surface area contributed by atoms with Crippen LogP contribution in [0.2, 0.25) is 0 Å². The number of alkyl halides is 1. The van der Waals surface area contributed by atoms with Crippen LogP contribution in [-0.2, 0) is 4.74 Å². The lowest BCUT2D eigenvalue weighted by atomic mass is 9.89. The number of rotatable bonds is 2. The van der Waals surface area contributed by atoms with Gasteiger partial charge in [0.15, 0.2) is 12.4 Å². The summed E-state index contributed by atoms with van der Waals surface area (Å²) in [6.07, 6.45) is -2.48. The SMILES string of the molecule is Nc1ccn([C@@H]2OCC(O)C(C3CC3)[C@@H](O)[C@H]2F)c(=O)n1. The summed E-state index contributed by atoms with van der Waals surface area (Å²) in [5, 5.41) is 20.3. The maximum atomic E-state index is 14.6. The van der Waals surface area contributed by atoms with Gasteiger partial charge in [-0.05, 0) is 24.8 Å². The first-order valence-electron chi connectivity index (χ1n) is 6.95. The van der Waals surface area contributed by atoms with Crippen LogP contribution < -0.4 is 11.4 Å². The molecule has 0 amide bonds. The van der Waals surface area contributed by atoms with Crippen molar-refractivity contribution in [3.8, 4) is 0 Å². The molecule has 7 nitrogen and oxygen atoms in total. The highest BCUT2D eigenvalue weighted by atomic mass is 19.1. The average Bonchev–Trinajstić information content (AvgIpc) is 3.24. The third-order valence-corrected chi connectivity index (χ3v) is 4.17. The number of aromatic nitrogens is 2. The number of anilines is 1. The standard InChI is InChI=1S/C13H18FN3O4/c14-10-11(19)9(6-1-2-6)7(18)5-21-12(10)17-4-3-8(15)16-13(17)20/h3-4,6-7,9-12,18-19H,1-2,5H2,(H2,15,16,20)/t7?,9?,10-,11-,12-/m1/s1. The molecule has 21 heavy (non-hydrogen) atoms. The summed E-state index contributed by atoms with van der Waals surface area (Å²) < 4.78 is 20.8. The van der Waals surface area contributed by atoms with Crippen molar-refractivity contribution in [2.24, 2.45) is 11.8 Å². The summed E-state index contributed by atoms with van der Waals surface area (Å²) in [4.78, 5) is 15.3. The Hall–Kier alpha value is -1.51. The van der Waals surface area contributed by atoms with Gasteiger partial charge in [0, 0.05) is 12.1 Å². The Labute approximate surface area is 120 Å². The van der Waals surface area contributed by atoms with Crippen LogP contribution in [0.3, 0.4) is 0 Å². The second-order valence-electron chi connectivity index (χ2n) is 5.68. The number of halogens is 1. The minimum Gasteiger partial charge on any atom is -0.390 e. The van der Waals surface area contributed by atoms with E-state index in [0.29, 0.717) is 0 Å². The highest BCUT2D eigenvalue weighted by Crippen LogP contribution is 2.44. The predicted octanol–water partition coefficient (Wildman–Crippen LogP) is -0.560. The molecule has 1 aliphatic carbocycles. The Morgan fingerprint density at radius 3 is 2.76 bits per heavy atom. The number of nitrogens with two attached hydrogens (primary N) is 1. The van der Waals surface area contributed by atoms with Crippen LogP contribution in [0.4, 0.5) is 10.2 Å². The highest BCUT2D eigenvalue weighted by Gasteiger charge is 2.48. The Balaban J connectivity index is 1.90. The zero-order chi connectivity index (χ0) is 15.1. The normalized spacial score (nSPS) is 37.2. The van der Waals surface area contributed by atoms with E-state index >= 15 is 0 Å². The maximum absolute atomic E-state index is 14.6. The lowest BCUT2D eigenvalue weighted by Gasteiger charge is -2.27. The van der Waals surface area contributed by atoms with E-state index in [1.54, 1.807) is 0 Å². The molecule has 2 unspecified atom stereocenters. The lowest BCUT2D eigenvalue weighted by molar-refractivity contribution is -0.0806. The van der Waals surface area contributed by atoms with Gasteiger partial charge in [-0.25, -0.2) is 9.18 Å².